The van der Waals surface area contributed by atoms with E-state index >= 15 is 0 Å². The molecular weight excluding hydrogens is 372 g/mol. The molecule has 0 saturated carbocycles. The normalized spacial score (nSPS) is 13.2. The Bertz CT molecular complexity index is 500. The quantitative estimate of drug-likeness (QED) is 0.412. The highest BCUT2D eigenvalue weighted by Gasteiger charge is 2.31. The summed E-state index contributed by atoms with van der Waals surface area (Å²) in [5, 5.41) is 9.17. The summed E-state index contributed by atoms with van der Waals surface area (Å²) < 4.78 is 15.2. The maximum Gasteiger partial charge on any atom is 0.367 e. The number of rotatable bonds is 11. The van der Waals surface area contributed by atoms with E-state index in [0.29, 0.717) is 13.0 Å². The first-order valence-corrected chi connectivity index (χ1v) is 10.1. The van der Waals surface area contributed by atoms with Crippen LogP contribution in [-0.4, -0.2) is 54.0 Å². The Morgan fingerprint density at radius 2 is 1.37 bits per heavy atom. The van der Waals surface area contributed by atoms with Gasteiger partial charge in [0.1, 0.15) is 19.3 Å². The van der Waals surface area contributed by atoms with Gasteiger partial charge in [-0.25, -0.2) is 4.79 Å². The fourth-order valence-corrected chi connectivity index (χ4v) is 2.25. The highest BCUT2D eigenvalue weighted by molar-refractivity contribution is 8.13. The van der Waals surface area contributed by atoms with E-state index in [1.807, 2.05) is 20.8 Å². The van der Waals surface area contributed by atoms with Crippen LogP contribution in [0.3, 0.4) is 0 Å². The Morgan fingerprint density at radius 1 is 0.889 bits per heavy atom. The third kappa shape index (κ3) is 10.6. The van der Waals surface area contributed by atoms with Gasteiger partial charge in [-0.1, -0.05) is 20.8 Å². The first-order chi connectivity index (χ1) is 12.3. The molecule has 0 bridgehead atoms. The Labute approximate surface area is 166 Å². The lowest BCUT2D eigenvalue weighted by atomic mass is 9.91. The molecule has 1 N–H and O–H groups in total. The first-order valence-electron chi connectivity index (χ1n) is 9.14. The summed E-state index contributed by atoms with van der Waals surface area (Å²) >= 11 is 0.839. The van der Waals surface area contributed by atoms with Gasteiger partial charge in [0.05, 0.1) is 17.4 Å². The van der Waals surface area contributed by atoms with Crippen molar-refractivity contribution in [1.29, 1.82) is 0 Å². The van der Waals surface area contributed by atoms with Crippen molar-refractivity contribution in [2.24, 2.45) is 16.7 Å². The third-order valence-corrected chi connectivity index (χ3v) is 5.11. The van der Waals surface area contributed by atoms with Crippen molar-refractivity contribution in [3.63, 3.8) is 0 Å². The van der Waals surface area contributed by atoms with E-state index in [1.165, 1.54) is 0 Å². The molecular formula is C19H34O7S. The molecule has 0 saturated heterocycles. The fourth-order valence-electron chi connectivity index (χ4n) is 1.50. The van der Waals surface area contributed by atoms with Crippen LogP contribution in [0, 0.1) is 16.7 Å². The minimum absolute atomic E-state index is 0.193. The van der Waals surface area contributed by atoms with Gasteiger partial charge in [0.2, 0.25) is 0 Å². The Kier molecular flexibility index (Phi) is 11.0. The Hall–Kier alpha value is -1.28. The van der Waals surface area contributed by atoms with Crippen LogP contribution < -0.4 is 0 Å². The summed E-state index contributed by atoms with van der Waals surface area (Å²) in [6.45, 7) is 12.5. The molecule has 0 aliphatic rings. The zero-order valence-electron chi connectivity index (χ0n) is 17.5. The van der Waals surface area contributed by atoms with Gasteiger partial charge in [-0.15, -0.1) is 0 Å². The number of carbonyl (C=O) groups is 3. The molecule has 0 aromatic carbocycles. The monoisotopic (exact) mass is 406 g/mol. The summed E-state index contributed by atoms with van der Waals surface area (Å²) in [5.41, 5.74) is -1.46. The van der Waals surface area contributed by atoms with E-state index in [4.69, 9.17) is 14.2 Å². The van der Waals surface area contributed by atoms with Gasteiger partial charge >= 0.3 is 17.2 Å². The molecule has 0 fully saturated rings. The van der Waals surface area contributed by atoms with Gasteiger partial charge in [0, 0.05) is 5.75 Å². The molecule has 0 amide bonds. The van der Waals surface area contributed by atoms with Gasteiger partial charge in [-0.3, -0.25) is 9.59 Å². The number of ether oxygens (including phenoxy) is 3. The molecule has 0 spiro atoms. The number of hydrogen-bond acceptors (Lipinski definition) is 8. The zero-order chi connectivity index (χ0) is 21.3. The molecule has 158 valence electrons. The molecule has 0 aromatic heterocycles. The molecule has 0 rings (SSSR count). The fraction of sp³-hybridized carbons (Fsp3) is 0.842. The van der Waals surface area contributed by atoms with Crippen LogP contribution in [0.25, 0.3) is 0 Å². The molecule has 1 unspecified atom stereocenters. The van der Waals surface area contributed by atoms with E-state index in [-0.39, 0.29) is 30.9 Å². The largest absolute Gasteiger partial charge is 0.465 e. The smallest absolute Gasteiger partial charge is 0.367 e. The average molecular weight is 407 g/mol. The van der Waals surface area contributed by atoms with Crippen LogP contribution in [0.15, 0.2) is 0 Å². The highest BCUT2D eigenvalue weighted by Crippen LogP contribution is 2.25. The second-order valence-corrected chi connectivity index (χ2v) is 9.13. The second-order valence-electron chi connectivity index (χ2n) is 8.22. The van der Waals surface area contributed by atoms with Crippen LogP contribution in [0.5, 0.6) is 0 Å². The lowest BCUT2D eigenvalue weighted by Crippen LogP contribution is -2.32. The van der Waals surface area contributed by atoms with E-state index in [2.05, 4.69) is 0 Å². The average Bonchev–Trinajstić information content (AvgIpc) is 2.60. The molecule has 0 aromatic rings. The van der Waals surface area contributed by atoms with E-state index in [9.17, 15) is 19.5 Å². The topological polar surface area (TPSA) is 99.1 Å². The van der Waals surface area contributed by atoms with Crippen molar-refractivity contribution < 1.29 is 33.7 Å². The van der Waals surface area contributed by atoms with Crippen molar-refractivity contribution in [2.45, 2.75) is 61.0 Å². The molecule has 1 atom stereocenters. The van der Waals surface area contributed by atoms with E-state index < -0.39 is 28.2 Å². The van der Waals surface area contributed by atoms with Gasteiger partial charge in [0.15, 0.2) is 0 Å². The van der Waals surface area contributed by atoms with Crippen LogP contribution in [0.1, 0.15) is 54.9 Å². The summed E-state index contributed by atoms with van der Waals surface area (Å²) in [6.07, 6.45) is -0.488. The van der Waals surface area contributed by atoms with Gasteiger partial charge < -0.3 is 19.3 Å². The standard InChI is InChI=1S/C19H34O7S/c1-8-18(4,5)15(21)25-10-14(20)11-26-17(23)27-12-19(6,7)16(22)24-9-13(2)3/h13-14,20H,8-12H2,1-7H3. The van der Waals surface area contributed by atoms with Crippen molar-refractivity contribution >= 4 is 29.0 Å². The summed E-state index contributed by atoms with van der Waals surface area (Å²) in [6, 6.07) is 0. The highest BCUT2D eigenvalue weighted by atomic mass is 32.2. The minimum Gasteiger partial charge on any atom is -0.465 e. The molecule has 0 aliphatic carbocycles. The summed E-state index contributed by atoms with van der Waals surface area (Å²) in [7, 11) is 0. The Morgan fingerprint density at radius 3 is 1.89 bits per heavy atom. The van der Waals surface area contributed by atoms with Gasteiger partial charge in [-0.2, -0.15) is 0 Å². The van der Waals surface area contributed by atoms with Crippen LogP contribution in [0.2, 0.25) is 0 Å². The third-order valence-electron chi connectivity index (χ3n) is 3.89. The van der Waals surface area contributed by atoms with E-state index in [1.54, 1.807) is 27.7 Å². The number of carbonyl (C=O) groups excluding carboxylic acids is 3. The first kappa shape index (κ1) is 25.7. The number of esters is 2. The molecule has 27 heavy (non-hydrogen) atoms. The summed E-state index contributed by atoms with van der Waals surface area (Å²) in [5.74, 6) is -0.354. The lowest BCUT2D eigenvalue weighted by Gasteiger charge is -2.22. The van der Waals surface area contributed by atoms with Crippen molar-refractivity contribution in [3.8, 4) is 0 Å². The van der Waals surface area contributed by atoms with Gasteiger partial charge in [0.25, 0.3) is 0 Å². The molecule has 0 heterocycles. The second kappa shape index (κ2) is 11.5. The van der Waals surface area contributed by atoms with Crippen LogP contribution in [0.4, 0.5) is 4.79 Å². The molecule has 8 heteroatoms. The molecule has 7 nitrogen and oxygen atoms in total. The predicted molar refractivity (Wildman–Crippen MR) is 104 cm³/mol. The molecule has 0 aliphatic heterocycles. The lowest BCUT2D eigenvalue weighted by molar-refractivity contribution is -0.157. The Balaban J connectivity index is 4.18. The zero-order valence-corrected chi connectivity index (χ0v) is 18.3. The van der Waals surface area contributed by atoms with Crippen molar-refractivity contribution in [2.75, 3.05) is 25.6 Å². The van der Waals surface area contributed by atoms with E-state index in [0.717, 1.165) is 11.8 Å². The minimum atomic E-state index is -1.10. The summed E-state index contributed by atoms with van der Waals surface area (Å²) in [4.78, 5) is 35.6. The maximum atomic E-state index is 12.0. The van der Waals surface area contributed by atoms with Crippen LogP contribution in [-0.2, 0) is 23.8 Å². The maximum absolute atomic E-state index is 12.0. The van der Waals surface area contributed by atoms with Crippen molar-refractivity contribution in [1.82, 2.24) is 0 Å². The predicted octanol–water partition coefficient (Wildman–Crippen LogP) is 3.42. The SMILES string of the molecule is CCC(C)(C)C(=O)OCC(O)COC(=O)SCC(C)(C)C(=O)OCC(C)C. The number of aliphatic hydroxyl groups excluding tert-OH is 1. The van der Waals surface area contributed by atoms with Crippen molar-refractivity contribution in [3.05, 3.63) is 0 Å². The number of aliphatic hydroxyl groups is 1. The van der Waals surface area contributed by atoms with Crippen LogP contribution >= 0.6 is 11.8 Å². The number of hydrogen-bond donors (Lipinski definition) is 1. The molecule has 0 radical (unpaired) electrons. The van der Waals surface area contributed by atoms with Gasteiger partial charge in [-0.05, 0) is 51.8 Å². The number of thioether (sulfide) groups is 1.